The van der Waals surface area contributed by atoms with Crippen molar-refractivity contribution in [2.24, 2.45) is 0 Å². The van der Waals surface area contributed by atoms with Gasteiger partial charge in [0.05, 0.1) is 23.2 Å². The molecule has 0 unspecified atom stereocenters. The van der Waals surface area contributed by atoms with Crippen LogP contribution in [0, 0.1) is 5.82 Å². The number of hydrogen-bond donors (Lipinski definition) is 0. The van der Waals surface area contributed by atoms with Gasteiger partial charge in [-0.05, 0) is 28.1 Å². The fourth-order valence-electron chi connectivity index (χ4n) is 1.39. The van der Waals surface area contributed by atoms with Crippen LogP contribution in [0.2, 0.25) is 0 Å². The van der Waals surface area contributed by atoms with Gasteiger partial charge in [-0.15, -0.1) is 0 Å². The van der Waals surface area contributed by atoms with E-state index in [4.69, 9.17) is 20.2 Å². The summed E-state index contributed by atoms with van der Waals surface area (Å²) in [5, 5.41) is 0. The van der Waals surface area contributed by atoms with Crippen molar-refractivity contribution < 1.29 is 27.1 Å². The van der Waals surface area contributed by atoms with E-state index in [0.29, 0.717) is 0 Å². The number of hydrogen-bond acceptors (Lipinski definition) is 5. The van der Waals surface area contributed by atoms with Crippen molar-refractivity contribution in [1.29, 1.82) is 0 Å². The summed E-state index contributed by atoms with van der Waals surface area (Å²) < 4.78 is 45.6. The number of carbonyl (C=O) groups is 1. The van der Waals surface area contributed by atoms with Crippen LogP contribution in [0.25, 0.3) is 0 Å². The highest BCUT2D eigenvalue weighted by atomic mass is 79.9. The number of carbonyl (C=O) groups excluding carboxylic acids is 1. The Morgan fingerprint density at radius 3 is 2.58 bits per heavy atom. The molecule has 0 aliphatic carbocycles. The van der Waals surface area contributed by atoms with E-state index in [9.17, 15) is 17.6 Å². The lowest BCUT2D eigenvalue weighted by molar-refractivity contribution is -0.103. The number of benzene rings is 1. The Morgan fingerprint density at radius 1 is 1.47 bits per heavy atom. The van der Waals surface area contributed by atoms with Crippen molar-refractivity contribution in [2.75, 3.05) is 13.2 Å². The Labute approximate surface area is 121 Å². The molecular formula is C10H7BrClFO5S. The molecule has 5 nitrogen and oxygen atoms in total. The predicted molar refractivity (Wildman–Crippen MR) is 67.2 cm³/mol. The van der Waals surface area contributed by atoms with Crippen molar-refractivity contribution in [3.05, 3.63) is 28.0 Å². The van der Waals surface area contributed by atoms with Gasteiger partial charge in [-0.25, -0.2) is 17.6 Å². The molecule has 0 spiro atoms. The van der Waals surface area contributed by atoms with E-state index in [0.717, 1.165) is 12.1 Å². The van der Waals surface area contributed by atoms with E-state index in [2.05, 4.69) is 15.9 Å². The largest absolute Gasteiger partial charge is 0.454 e. The third kappa shape index (κ3) is 3.25. The molecule has 1 aromatic rings. The van der Waals surface area contributed by atoms with Crippen LogP contribution in [0.15, 0.2) is 21.5 Å². The molecule has 1 aliphatic rings. The fraction of sp³-hybridized carbons (Fsp3) is 0.300. The van der Waals surface area contributed by atoms with Gasteiger partial charge in [0.2, 0.25) is 0 Å². The van der Waals surface area contributed by atoms with Gasteiger partial charge < -0.3 is 9.47 Å². The van der Waals surface area contributed by atoms with Crippen molar-refractivity contribution >= 4 is 41.6 Å². The molecule has 1 fully saturated rings. The quantitative estimate of drug-likeness (QED) is 0.599. The Balaban J connectivity index is 2.39. The van der Waals surface area contributed by atoms with Crippen LogP contribution in [-0.4, -0.2) is 33.7 Å². The minimum atomic E-state index is -4.18. The zero-order chi connectivity index (χ0) is 14.2. The van der Waals surface area contributed by atoms with Gasteiger partial charge in [0, 0.05) is 10.7 Å². The average Bonchev–Trinajstić information content (AvgIpc) is 2.24. The molecule has 0 atom stereocenters. The Hall–Kier alpha value is -0.700. The zero-order valence-electron chi connectivity index (χ0n) is 9.23. The van der Waals surface area contributed by atoms with Gasteiger partial charge in [0.1, 0.15) is 16.8 Å². The van der Waals surface area contributed by atoms with Crippen LogP contribution in [0.1, 0.15) is 10.4 Å². The van der Waals surface area contributed by atoms with E-state index in [1.165, 1.54) is 0 Å². The van der Waals surface area contributed by atoms with E-state index in [1.807, 2.05) is 0 Å². The summed E-state index contributed by atoms with van der Waals surface area (Å²) >= 11 is 2.92. The first-order valence-electron chi connectivity index (χ1n) is 5.01. The molecule has 9 heteroatoms. The molecule has 0 amide bonds. The molecule has 0 saturated carbocycles. The third-order valence-electron chi connectivity index (χ3n) is 2.37. The monoisotopic (exact) mass is 372 g/mol. The Kier molecular flexibility index (Phi) is 4.14. The summed E-state index contributed by atoms with van der Waals surface area (Å²) in [6.45, 7) is 0.526. The lowest BCUT2D eigenvalue weighted by atomic mass is 10.2. The van der Waals surface area contributed by atoms with Gasteiger partial charge >= 0.3 is 5.97 Å². The average molecular weight is 374 g/mol. The van der Waals surface area contributed by atoms with E-state index in [1.54, 1.807) is 0 Å². The second kappa shape index (κ2) is 5.35. The first-order valence-corrected chi connectivity index (χ1v) is 8.11. The third-order valence-corrected chi connectivity index (χ3v) is 4.83. The molecule has 104 valence electrons. The molecule has 19 heavy (non-hydrogen) atoms. The van der Waals surface area contributed by atoms with Gasteiger partial charge in [-0.2, -0.15) is 0 Å². The SMILES string of the molecule is O=C(OC1COC1)c1cc(F)cc(S(=O)(=O)Cl)c1Br. The molecule has 0 bridgehead atoms. The van der Waals surface area contributed by atoms with Crippen molar-refractivity contribution in [3.63, 3.8) is 0 Å². The molecular weight excluding hydrogens is 367 g/mol. The number of rotatable bonds is 3. The van der Waals surface area contributed by atoms with Gasteiger partial charge in [0.15, 0.2) is 0 Å². The van der Waals surface area contributed by atoms with Gasteiger partial charge in [-0.3, -0.25) is 0 Å². The van der Waals surface area contributed by atoms with Crippen LogP contribution in [0.4, 0.5) is 4.39 Å². The first-order chi connectivity index (χ1) is 8.79. The van der Waals surface area contributed by atoms with Crippen LogP contribution < -0.4 is 0 Å². The maximum atomic E-state index is 13.4. The highest BCUT2D eigenvalue weighted by Crippen LogP contribution is 2.30. The van der Waals surface area contributed by atoms with Crippen LogP contribution in [-0.2, 0) is 18.5 Å². The maximum absolute atomic E-state index is 13.4. The summed E-state index contributed by atoms with van der Waals surface area (Å²) in [6.07, 6.45) is -0.404. The molecule has 1 saturated heterocycles. The van der Waals surface area contributed by atoms with Crippen LogP contribution in [0.3, 0.4) is 0 Å². The second-order valence-electron chi connectivity index (χ2n) is 3.77. The summed E-state index contributed by atoms with van der Waals surface area (Å²) in [4.78, 5) is 11.3. The number of esters is 1. The molecule has 2 rings (SSSR count). The summed E-state index contributed by atoms with van der Waals surface area (Å²) in [5.74, 6) is -1.75. The van der Waals surface area contributed by atoms with Crippen molar-refractivity contribution in [3.8, 4) is 0 Å². The second-order valence-corrected chi connectivity index (χ2v) is 7.10. The zero-order valence-corrected chi connectivity index (χ0v) is 12.4. The molecule has 0 radical (unpaired) electrons. The van der Waals surface area contributed by atoms with Crippen molar-refractivity contribution in [2.45, 2.75) is 11.0 Å². The van der Waals surface area contributed by atoms with Crippen LogP contribution in [0.5, 0.6) is 0 Å². The molecule has 1 aromatic carbocycles. The van der Waals surface area contributed by atoms with E-state index in [-0.39, 0.29) is 23.2 Å². The minimum Gasteiger partial charge on any atom is -0.454 e. The lowest BCUT2D eigenvalue weighted by Crippen LogP contribution is -2.37. The standard InChI is InChI=1S/C10H7BrClFO5S/c11-9-7(10(14)18-6-3-17-4-6)1-5(13)2-8(9)19(12,15)16/h1-2,6H,3-4H2. The Morgan fingerprint density at radius 2 is 2.11 bits per heavy atom. The van der Waals surface area contributed by atoms with Crippen LogP contribution >= 0.6 is 26.6 Å². The molecule has 1 aliphatic heterocycles. The highest BCUT2D eigenvalue weighted by Gasteiger charge is 2.27. The highest BCUT2D eigenvalue weighted by molar-refractivity contribution is 9.10. The Bertz CT molecular complexity index is 629. The lowest BCUT2D eigenvalue weighted by Gasteiger charge is -2.25. The smallest absolute Gasteiger partial charge is 0.339 e. The van der Waals surface area contributed by atoms with Gasteiger partial charge in [-0.1, -0.05) is 0 Å². The fourth-order valence-corrected chi connectivity index (χ4v) is 3.64. The first kappa shape index (κ1) is 14.7. The predicted octanol–water partition coefficient (Wildman–Crippen LogP) is 2.07. The summed E-state index contributed by atoms with van der Waals surface area (Å²) in [6, 6.07) is 1.59. The van der Waals surface area contributed by atoms with Gasteiger partial charge in [0.25, 0.3) is 9.05 Å². The summed E-state index contributed by atoms with van der Waals surface area (Å²) in [5.41, 5.74) is -0.244. The van der Waals surface area contributed by atoms with Crippen molar-refractivity contribution in [1.82, 2.24) is 0 Å². The minimum absolute atomic E-state index is 0.130. The normalized spacial score (nSPS) is 15.9. The topological polar surface area (TPSA) is 69.7 Å². The molecule has 0 aromatic heterocycles. The number of halogens is 3. The molecule has 1 heterocycles. The number of ether oxygens (including phenoxy) is 2. The van der Waals surface area contributed by atoms with E-state index < -0.39 is 31.8 Å². The summed E-state index contributed by atoms with van der Waals surface area (Å²) in [7, 11) is 0.981. The maximum Gasteiger partial charge on any atom is 0.339 e. The van der Waals surface area contributed by atoms with E-state index >= 15 is 0 Å². The molecule has 0 N–H and O–H groups in total.